The molecular formula is C12H16F3NO3. The molecule has 3 N–H and O–H groups in total. The maximum Gasteiger partial charge on any atom is 0.414 e. The molecule has 0 fully saturated rings. The van der Waals surface area contributed by atoms with Gasteiger partial charge >= 0.3 is 6.18 Å². The standard InChI is InChI=1S/C12H16F3NO3/c1-8(12(13,14)15)18-6-9(17)7-19-11-5-3-2-4-10(11)16/h2-5,8-9,17H,6-7,16H2,1H3. The lowest BCUT2D eigenvalue weighted by atomic mass is 10.3. The maximum atomic E-state index is 12.1. The molecule has 0 aliphatic rings. The number of nitrogen functional groups attached to an aromatic ring is 1. The van der Waals surface area contributed by atoms with Gasteiger partial charge in [-0.2, -0.15) is 13.2 Å². The van der Waals surface area contributed by atoms with Crippen LogP contribution in [0.2, 0.25) is 0 Å². The van der Waals surface area contributed by atoms with Crippen LogP contribution in [0.4, 0.5) is 18.9 Å². The van der Waals surface area contributed by atoms with Gasteiger partial charge in [-0.25, -0.2) is 0 Å². The van der Waals surface area contributed by atoms with Gasteiger partial charge in [0.15, 0.2) is 6.10 Å². The van der Waals surface area contributed by atoms with Crippen molar-refractivity contribution in [3.8, 4) is 5.75 Å². The number of aliphatic hydroxyl groups excluding tert-OH is 1. The summed E-state index contributed by atoms with van der Waals surface area (Å²) in [7, 11) is 0. The van der Waals surface area contributed by atoms with Crippen LogP contribution in [0, 0.1) is 0 Å². The summed E-state index contributed by atoms with van der Waals surface area (Å²) in [4.78, 5) is 0. The fraction of sp³-hybridized carbons (Fsp3) is 0.500. The molecule has 0 aromatic heterocycles. The first-order chi connectivity index (χ1) is 8.80. The molecule has 4 nitrogen and oxygen atoms in total. The molecule has 0 amide bonds. The molecule has 0 aliphatic carbocycles. The molecule has 7 heteroatoms. The van der Waals surface area contributed by atoms with Crippen molar-refractivity contribution in [2.75, 3.05) is 18.9 Å². The minimum atomic E-state index is -4.44. The van der Waals surface area contributed by atoms with Crippen molar-refractivity contribution in [1.82, 2.24) is 0 Å². The summed E-state index contributed by atoms with van der Waals surface area (Å²) in [5.41, 5.74) is 5.99. The Balaban J connectivity index is 2.33. The van der Waals surface area contributed by atoms with Crippen molar-refractivity contribution in [2.24, 2.45) is 0 Å². The maximum absolute atomic E-state index is 12.1. The molecule has 0 aliphatic heterocycles. The third-order valence-corrected chi connectivity index (χ3v) is 2.35. The zero-order valence-corrected chi connectivity index (χ0v) is 10.4. The highest BCUT2D eigenvalue weighted by atomic mass is 19.4. The number of nitrogens with two attached hydrogens (primary N) is 1. The third-order valence-electron chi connectivity index (χ3n) is 2.35. The second kappa shape index (κ2) is 6.63. The number of alkyl halides is 3. The Bertz CT molecular complexity index is 398. The number of hydrogen-bond donors (Lipinski definition) is 2. The lowest BCUT2D eigenvalue weighted by Crippen LogP contribution is -2.33. The molecule has 1 rings (SSSR count). The van der Waals surface area contributed by atoms with Crippen molar-refractivity contribution >= 4 is 5.69 Å². The summed E-state index contributed by atoms with van der Waals surface area (Å²) in [6.45, 7) is 0.217. The van der Waals surface area contributed by atoms with E-state index in [-0.39, 0.29) is 6.61 Å². The molecule has 0 saturated carbocycles. The highest BCUT2D eigenvalue weighted by Gasteiger charge is 2.37. The topological polar surface area (TPSA) is 64.7 Å². The van der Waals surface area contributed by atoms with Gasteiger partial charge in [-0.05, 0) is 19.1 Å². The van der Waals surface area contributed by atoms with Gasteiger partial charge in [0.05, 0.1) is 12.3 Å². The van der Waals surface area contributed by atoms with Gasteiger partial charge in [-0.15, -0.1) is 0 Å². The number of aliphatic hydroxyl groups is 1. The summed E-state index contributed by atoms with van der Waals surface area (Å²) >= 11 is 0. The zero-order valence-electron chi connectivity index (χ0n) is 10.4. The average molecular weight is 279 g/mol. The summed E-state index contributed by atoms with van der Waals surface area (Å²) in [5, 5.41) is 9.46. The smallest absolute Gasteiger partial charge is 0.414 e. The molecule has 108 valence electrons. The molecule has 0 spiro atoms. The minimum absolute atomic E-state index is 0.196. The third kappa shape index (κ3) is 5.35. The Labute approximate surface area is 108 Å². The van der Waals surface area contributed by atoms with Gasteiger partial charge in [0, 0.05) is 0 Å². The van der Waals surface area contributed by atoms with E-state index in [1.165, 1.54) is 0 Å². The number of ether oxygens (including phenoxy) is 2. The van der Waals surface area contributed by atoms with Crippen molar-refractivity contribution in [1.29, 1.82) is 0 Å². The Hall–Kier alpha value is -1.47. The SMILES string of the molecule is CC(OCC(O)COc1ccccc1N)C(F)(F)F. The van der Waals surface area contributed by atoms with Gasteiger partial charge < -0.3 is 20.3 Å². The fourth-order valence-electron chi connectivity index (χ4n) is 1.20. The van der Waals surface area contributed by atoms with E-state index < -0.39 is 25.0 Å². The quantitative estimate of drug-likeness (QED) is 0.781. The molecule has 0 bridgehead atoms. The molecule has 1 aromatic carbocycles. The number of hydrogen-bond acceptors (Lipinski definition) is 4. The number of para-hydroxylation sites is 2. The molecule has 0 heterocycles. The van der Waals surface area contributed by atoms with Gasteiger partial charge in [0.1, 0.15) is 18.5 Å². The Morgan fingerprint density at radius 1 is 1.26 bits per heavy atom. The van der Waals surface area contributed by atoms with Gasteiger partial charge in [-0.3, -0.25) is 0 Å². The Morgan fingerprint density at radius 2 is 1.89 bits per heavy atom. The Kier molecular flexibility index (Phi) is 5.44. The summed E-state index contributed by atoms with van der Waals surface area (Å²) in [6.07, 6.45) is -7.53. The molecule has 19 heavy (non-hydrogen) atoms. The number of rotatable bonds is 6. The molecule has 2 unspecified atom stereocenters. The van der Waals surface area contributed by atoms with Crippen LogP contribution in [0.5, 0.6) is 5.75 Å². The Morgan fingerprint density at radius 3 is 2.47 bits per heavy atom. The van der Waals surface area contributed by atoms with E-state index in [2.05, 4.69) is 4.74 Å². The van der Waals surface area contributed by atoms with Crippen LogP contribution in [0.1, 0.15) is 6.92 Å². The highest BCUT2D eigenvalue weighted by molar-refractivity contribution is 5.51. The largest absolute Gasteiger partial charge is 0.489 e. The monoisotopic (exact) mass is 279 g/mol. The van der Waals surface area contributed by atoms with E-state index in [0.29, 0.717) is 11.4 Å². The fourth-order valence-corrected chi connectivity index (χ4v) is 1.20. The summed E-state index contributed by atoms with van der Waals surface area (Å²) in [6, 6.07) is 6.62. The zero-order chi connectivity index (χ0) is 14.5. The number of halogens is 3. The molecule has 2 atom stereocenters. The van der Waals surface area contributed by atoms with E-state index in [1.807, 2.05) is 0 Å². The predicted octanol–water partition coefficient (Wildman–Crippen LogP) is 1.98. The van der Waals surface area contributed by atoms with Crippen molar-refractivity contribution < 1.29 is 27.8 Å². The van der Waals surface area contributed by atoms with Gasteiger partial charge in [0.2, 0.25) is 0 Å². The lowest BCUT2D eigenvalue weighted by molar-refractivity contribution is -0.219. The normalized spacial score (nSPS) is 15.0. The molecule has 0 radical (unpaired) electrons. The van der Waals surface area contributed by atoms with E-state index in [9.17, 15) is 18.3 Å². The van der Waals surface area contributed by atoms with Gasteiger partial charge in [-0.1, -0.05) is 12.1 Å². The van der Waals surface area contributed by atoms with Gasteiger partial charge in [0.25, 0.3) is 0 Å². The highest BCUT2D eigenvalue weighted by Crippen LogP contribution is 2.23. The van der Waals surface area contributed by atoms with Crippen LogP contribution < -0.4 is 10.5 Å². The van der Waals surface area contributed by atoms with Crippen molar-refractivity contribution in [3.63, 3.8) is 0 Å². The second-order valence-corrected chi connectivity index (χ2v) is 4.02. The lowest BCUT2D eigenvalue weighted by Gasteiger charge is -2.19. The van der Waals surface area contributed by atoms with E-state index in [0.717, 1.165) is 6.92 Å². The van der Waals surface area contributed by atoms with Crippen LogP contribution >= 0.6 is 0 Å². The first-order valence-corrected chi connectivity index (χ1v) is 5.64. The second-order valence-electron chi connectivity index (χ2n) is 4.02. The minimum Gasteiger partial charge on any atom is -0.489 e. The van der Waals surface area contributed by atoms with Crippen LogP contribution in [0.3, 0.4) is 0 Å². The molecule has 0 saturated heterocycles. The first kappa shape index (κ1) is 15.6. The number of benzene rings is 1. The first-order valence-electron chi connectivity index (χ1n) is 5.64. The van der Waals surface area contributed by atoms with Crippen LogP contribution in [0.25, 0.3) is 0 Å². The van der Waals surface area contributed by atoms with Crippen LogP contribution in [0.15, 0.2) is 24.3 Å². The predicted molar refractivity (Wildman–Crippen MR) is 63.8 cm³/mol. The average Bonchev–Trinajstić information content (AvgIpc) is 2.33. The van der Waals surface area contributed by atoms with Crippen molar-refractivity contribution in [3.05, 3.63) is 24.3 Å². The van der Waals surface area contributed by atoms with E-state index in [4.69, 9.17) is 10.5 Å². The van der Waals surface area contributed by atoms with Crippen LogP contribution in [-0.2, 0) is 4.74 Å². The molecule has 1 aromatic rings. The van der Waals surface area contributed by atoms with Crippen molar-refractivity contribution in [2.45, 2.75) is 25.3 Å². The molecular weight excluding hydrogens is 263 g/mol. The van der Waals surface area contributed by atoms with E-state index >= 15 is 0 Å². The van der Waals surface area contributed by atoms with E-state index in [1.54, 1.807) is 24.3 Å². The summed E-state index contributed by atoms with van der Waals surface area (Å²) < 4.78 is 46.1. The van der Waals surface area contributed by atoms with Crippen LogP contribution in [-0.4, -0.2) is 36.7 Å². The number of anilines is 1. The summed E-state index contributed by atoms with van der Waals surface area (Å²) in [5.74, 6) is 0.366.